The summed E-state index contributed by atoms with van der Waals surface area (Å²) in [5.74, 6) is -0.329. The Labute approximate surface area is 190 Å². The molecule has 1 saturated carbocycles. The number of carbonyl (C=O) groups excluding carboxylic acids is 1. The fourth-order valence-corrected chi connectivity index (χ4v) is 3.72. The summed E-state index contributed by atoms with van der Waals surface area (Å²) < 4.78 is 43.9. The molecule has 3 N–H and O–H groups in total. The Morgan fingerprint density at radius 3 is 2.36 bits per heavy atom. The molecule has 0 unspecified atom stereocenters. The lowest BCUT2D eigenvalue weighted by Gasteiger charge is -2.33. The van der Waals surface area contributed by atoms with E-state index in [1.54, 1.807) is 27.7 Å². The van der Waals surface area contributed by atoms with E-state index in [9.17, 15) is 23.1 Å². The number of anilines is 1. The molecular formula is C22H28F3N5O3. The Hall–Kier alpha value is -3.11. The number of aromatic nitrogens is 3. The van der Waals surface area contributed by atoms with Gasteiger partial charge in [-0.1, -0.05) is 12.8 Å². The number of rotatable bonds is 4. The SMILES string of the molecule is Cc1nc(N[C@@H]2CCCC[C@H]2NC(=O)OC(C)(C)C)nnc1-c1ccc(C(F)(F)F)cc1O. The Balaban J connectivity index is 1.74. The van der Waals surface area contributed by atoms with Gasteiger partial charge in [-0.25, -0.2) is 9.78 Å². The topological polar surface area (TPSA) is 109 Å². The third-order valence-corrected chi connectivity index (χ3v) is 5.22. The third-order valence-electron chi connectivity index (χ3n) is 5.22. The number of phenols is 1. The van der Waals surface area contributed by atoms with Gasteiger partial charge in [0.15, 0.2) is 0 Å². The predicted octanol–water partition coefficient (Wildman–Crippen LogP) is 4.82. The van der Waals surface area contributed by atoms with Crippen molar-refractivity contribution in [2.45, 2.75) is 77.2 Å². The number of amides is 1. The molecule has 33 heavy (non-hydrogen) atoms. The molecule has 1 fully saturated rings. The third kappa shape index (κ3) is 6.45. The maximum Gasteiger partial charge on any atom is 0.416 e. The number of aromatic hydroxyl groups is 1. The minimum Gasteiger partial charge on any atom is -0.507 e. The lowest BCUT2D eigenvalue weighted by atomic mass is 9.90. The minimum absolute atomic E-state index is 0.106. The Morgan fingerprint density at radius 2 is 1.79 bits per heavy atom. The molecule has 180 valence electrons. The molecule has 11 heteroatoms. The maximum atomic E-state index is 12.9. The zero-order chi connectivity index (χ0) is 24.4. The second kappa shape index (κ2) is 9.40. The molecule has 8 nitrogen and oxygen atoms in total. The van der Waals surface area contributed by atoms with Crippen LogP contribution in [-0.2, 0) is 10.9 Å². The molecule has 1 aliphatic carbocycles. The summed E-state index contributed by atoms with van der Waals surface area (Å²) in [4.78, 5) is 16.6. The molecule has 1 amide bonds. The zero-order valence-corrected chi connectivity index (χ0v) is 19.0. The summed E-state index contributed by atoms with van der Waals surface area (Å²) in [6, 6.07) is 2.34. The van der Waals surface area contributed by atoms with E-state index in [4.69, 9.17) is 4.74 Å². The summed E-state index contributed by atoms with van der Waals surface area (Å²) in [6.45, 7) is 7.01. The van der Waals surface area contributed by atoms with Crippen molar-refractivity contribution in [1.82, 2.24) is 20.5 Å². The van der Waals surface area contributed by atoms with Gasteiger partial charge in [0, 0.05) is 11.6 Å². The van der Waals surface area contributed by atoms with Crippen molar-refractivity contribution in [2.75, 3.05) is 5.32 Å². The van der Waals surface area contributed by atoms with Crippen LogP contribution in [0.2, 0.25) is 0 Å². The molecule has 0 bridgehead atoms. The van der Waals surface area contributed by atoms with Crippen LogP contribution in [0.15, 0.2) is 18.2 Å². The molecule has 0 saturated heterocycles. The van der Waals surface area contributed by atoms with E-state index in [0.29, 0.717) is 11.8 Å². The van der Waals surface area contributed by atoms with Crippen LogP contribution in [0.5, 0.6) is 5.75 Å². The van der Waals surface area contributed by atoms with Crippen molar-refractivity contribution in [3.8, 4) is 17.0 Å². The number of hydrogen-bond acceptors (Lipinski definition) is 7. The van der Waals surface area contributed by atoms with Crippen molar-refractivity contribution < 1.29 is 27.8 Å². The highest BCUT2D eigenvalue weighted by atomic mass is 19.4. The summed E-state index contributed by atoms with van der Waals surface area (Å²) in [5.41, 5.74) is -0.893. The summed E-state index contributed by atoms with van der Waals surface area (Å²) in [6.07, 6.45) is -1.58. The first-order valence-electron chi connectivity index (χ1n) is 10.7. The number of phenolic OH excluding ortho intramolecular Hbond substituents is 1. The number of alkyl carbamates (subject to hydrolysis) is 1. The van der Waals surface area contributed by atoms with Gasteiger partial charge >= 0.3 is 12.3 Å². The number of nitrogens with one attached hydrogen (secondary N) is 2. The van der Waals surface area contributed by atoms with Gasteiger partial charge in [0.2, 0.25) is 5.95 Å². The molecule has 0 spiro atoms. The van der Waals surface area contributed by atoms with Gasteiger partial charge in [0.1, 0.15) is 17.0 Å². The number of carbonyl (C=O) groups is 1. The van der Waals surface area contributed by atoms with E-state index < -0.39 is 29.2 Å². The van der Waals surface area contributed by atoms with Gasteiger partial charge in [-0.05, 0) is 58.7 Å². The lowest BCUT2D eigenvalue weighted by Crippen LogP contribution is -2.50. The van der Waals surface area contributed by atoms with E-state index >= 15 is 0 Å². The van der Waals surface area contributed by atoms with Crippen LogP contribution in [0.1, 0.15) is 57.7 Å². The summed E-state index contributed by atoms with van der Waals surface area (Å²) in [7, 11) is 0. The van der Waals surface area contributed by atoms with Crippen LogP contribution in [0.3, 0.4) is 0 Å². The Kier molecular flexibility index (Phi) is 6.99. The monoisotopic (exact) mass is 467 g/mol. The van der Waals surface area contributed by atoms with E-state index in [-0.39, 0.29) is 29.3 Å². The van der Waals surface area contributed by atoms with E-state index in [2.05, 4.69) is 25.8 Å². The molecule has 1 aromatic heterocycles. The first-order valence-corrected chi connectivity index (χ1v) is 10.7. The molecule has 0 radical (unpaired) electrons. The molecule has 2 aromatic rings. The highest BCUT2D eigenvalue weighted by molar-refractivity contribution is 5.69. The predicted molar refractivity (Wildman–Crippen MR) is 116 cm³/mol. The van der Waals surface area contributed by atoms with Crippen molar-refractivity contribution >= 4 is 12.0 Å². The van der Waals surface area contributed by atoms with Gasteiger partial charge in [0.05, 0.1) is 17.3 Å². The van der Waals surface area contributed by atoms with Crippen molar-refractivity contribution in [2.24, 2.45) is 0 Å². The number of benzene rings is 1. The number of hydrogen-bond donors (Lipinski definition) is 3. The normalized spacial score (nSPS) is 19.1. The number of nitrogens with zero attached hydrogens (tertiary/aromatic N) is 3. The highest BCUT2D eigenvalue weighted by Crippen LogP contribution is 2.36. The average molecular weight is 467 g/mol. The van der Waals surface area contributed by atoms with Crippen LogP contribution >= 0.6 is 0 Å². The Morgan fingerprint density at radius 1 is 1.12 bits per heavy atom. The molecule has 1 aliphatic rings. The van der Waals surface area contributed by atoms with Gasteiger partial charge < -0.3 is 20.5 Å². The smallest absolute Gasteiger partial charge is 0.416 e. The fraction of sp³-hybridized carbons (Fsp3) is 0.545. The molecule has 1 heterocycles. The van der Waals surface area contributed by atoms with E-state index in [1.807, 2.05) is 0 Å². The summed E-state index contributed by atoms with van der Waals surface area (Å²) >= 11 is 0. The highest BCUT2D eigenvalue weighted by Gasteiger charge is 2.32. The van der Waals surface area contributed by atoms with Gasteiger partial charge in [-0.3, -0.25) is 0 Å². The van der Waals surface area contributed by atoms with Crippen molar-refractivity contribution in [1.29, 1.82) is 0 Å². The van der Waals surface area contributed by atoms with Gasteiger partial charge in [-0.15, -0.1) is 10.2 Å². The average Bonchev–Trinajstić information content (AvgIpc) is 2.68. The first kappa shape index (κ1) is 24.5. The quantitative estimate of drug-likeness (QED) is 0.591. The molecule has 0 aliphatic heterocycles. The van der Waals surface area contributed by atoms with Crippen molar-refractivity contribution in [3.05, 3.63) is 29.5 Å². The van der Waals surface area contributed by atoms with Crippen LogP contribution in [-0.4, -0.2) is 44.1 Å². The van der Waals surface area contributed by atoms with Crippen LogP contribution in [0, 0.1) is 6.92 Å². The first-order chi connectivity index (χ1) is 15.3. The number of aryl methyl sites for hydroxylation is 1. The van der Waals surface area contributed by atoms with Crippen LogP contribution in [0.25, 0.3) is 11.3 Å². The van der Waals surface area contributed by atoms with Crippen LogP contribution < -0.4 is 10.6 Å². The van der Waals surface area contributed by atoms with Crippen LogP contribution in [0.4, 0.5) is 23.9 Å². The standard InChI is InChI=1S/C22H28F3N5O3/c1-12-18(14-10-9-13(11-17(14)31)22(23,24)25)29-30-19(26-12)27-15-7-5-6-8-16(15)28-20(32)33-21(2,3)4/h9-11,15-16,31H,5-8H2,1-4H3,(H,28,32)(H,26,27,30)/t15-,16-/m1/s1. The number of alkyl halides is 3. The lowest BCUT2D eigenvalue weighted by molar-refractivity contribution is -0.137. The second-order valence-corrected chi connectivity index (χ2v) is 9.09. The molecule has 2 atom stereocenters. The number of ether oxygens (including phenoxy) is 1. The van der Waals surface area contributed by atoms with Gasteiger partial charge in [-0.2, -0.15) is 13.2 Å². The fourth-order valence-electron chi connectivity index (χ4n) is 3.72. The molecule has 1 aromatic carbocycles. The van der Waals surface area contributed by atoms with Crippen molar-refractivity contribution in [3.63, 3.8) is 0 Å². The van der Waals surface area contributed by atoms with E-state index in [1.165, 1.54) is 0 Å². The Bertz CT molecular complexity index is 1010. The zero-order valence-electron chi connectivity index (χ0n) is 19.0. The largest absolute Gasteiger partial charge is 0.507 e. The molecule has 3 rings (SSSR count). The van der Waals surface area contributed by atoms with Gasteiger partial charge in [0.25, 0.3) is 0 Å². The van der Waals surface area contributed by atoms with E-state index in [0.717, 1.165) is 37.8 Å². The minimum atomic E-state index is -4.56. The maximum absolute atomic E-state index is 12.9. The summed E-state index contributed by atoms with van der Waals surface area (Å²) in [5, 5.41) is 24.3. The number of halogens is 3. The molecular weight excluding hydrogens is 439 g/mol. The second-order valence-electron chi connectivity index (χ2n) is 9.09.